The normalized spacial score (nSPS) is 18.9. The number of ether oxygens (including phenoxy) is 1. The molecule has 18 heavy (non-hydrogen) atoms. The van der Waals surface area contributed by atoms with Gasteiger partial charge in [-0.2, -0.15) is 0 Å². The van der Waals surface area contributed by atoms with E-state index in [4.69, 9.17) is 4.74 Å². The fourth-order valence-corrected chi connectivity index (χ4v) is 2.32. The molecule has 1 aromatic rings. The minimum Gasteiger partial charge on any atom is -0.376 e. The summed E-state index contributed by atoms with van der Waals surface area (Å²) in [5.74, 6) is -0.502. The van der Waals surface area contributed by atoms with Crippen molar-refractivity contribution in [3.05, 3.63) is 29.6 Å². The SMILES string of the molecule is CC(=O)c1cc(F)ccc1N(C)CC1CCCO1. The Bertz CT molecular complexity index is 441. The van der Waals surface area contributed by atoms with Crippen LogP contribution in [-0.2, 0) is 4.74 Å². The van der Waals surface area contributed by atoms with Gasteiger partial charge in [-0.3, -0.25) is 4.79 Å². The second kappa shape index (κ2) is 5.48. The zero-order valence-electron chi connectivity index (χ0n) is 10.8. The Morgan fingerprint density at radius 3 is 2.94 bits per heavy atom. The van der Waals surface area contributed by atoms with Gasteiger partial charge in [0.15, 0.2) is 5.78 Å². The van der Waals surface area contributed by atoms with Gasteiger partial charge in [0.05, 0.1) is 6.10 Å². The second-order valence-electron chi connectivity index (χ2n) is 4.73. The first kappa shape index (κ1) is 13.0. The lowest BCUT2D eigenvalue weighted by molar-refractivity contribution is 0.101. The number of nitrogens with zero attached hydrogens (tertiary/aromatic N) is 1. The third kappa shape index (κ3) is 2.88. The van der Waals surface area contributed by atoms with Crippen molar-refractivity contribution in [2.24, 2.45) is 0 Å². The lowest BCUT2D eigenvalue weighted by Crippen LogP contribution is -2.29. The number of rotatable bonds is 4. The highest BCUT2D eigenvalue weighted by molar-refractivity contribution is 5.99. The number of halogens is 1. The summed E-state index contributed by atoms with van der Waals surface area (Å²) in [6.07, 6.45) is 2.34. The van der Waals surface area contributed by atoms with E-state index in [-0.39, 0.29) is 17.7 Å². The number of benzene rings is 1. The van der Waals surface area contributed by atoms with Crippen LogP contribution in [-0.4, -0.2) is 32.1 Å². The first-order chi connectivity index (χ1) is 8.58. The summed E-state index contributed by atoms with van der Waals surface area (Å²) >= 11 is 0. The van der Waals surface area contributed by atoms with Gasteiger partial charge in [-0.15, -0.1) is 0 Å². The summed E-state index contributed by atoms with van der Waals surface area (Å²) in [6.45, 7) is 2.99. The maximum absolute atomic E-state index is 13.2. The molecule has 1 unspecified atom stereocenters. The summed E-state index contributed by atoms with van der Waals surface area (Å²) in [5.41, 5.74) is 1.19. The van der Waals surface area contributed by atoms with Gasteiger partial charge >= 0.3 is 0 Å². The zero-order chi connectivity index (χ0) is 13.1. The van der Waals surface area contributed by atoms with Crippen LogP contribution in [0.1, 0.15) is 30.1 Å². The highest BCUT2D eigenvalue weighted by atomic mass is 19.1. The lowest BCUT2D eigenvalue weighted by atomic mass is 10.1. The molecule has 0 aromatic heterocycles. The molecular formula is C14H18FNO2. The lowest BCUT2D eigenvalue weighted by Gasteiger charge is -2.24. The molecule has 3 nitrogen and oxygen atoms in total. The molecule has 0 radical (unpaired) electrons. The Labute approximate surface area is 107 Å². The molecule has 1 fully saturated rings. The predicted octanol–water partition coefficient (Wildman–Crippen LogP) is 2.64. The van der Waals surface area contributed by atoms with Crippen molar-refractivity contribution in [3.63, 3.8) is 0 Å². The number of hydrogen-bond acceptors (Lipinski definition) is 3. The summed E-state index contributed by atoms with van der Waals surface area (Å²) in [5, 5.41) is 0. The zero-order valence-corrected chi connectivity index (χ0v) is 10.8. The number of hydrogen-bond donors (Lipinski definition) is 0. The number of carbonyl (C=O) groups excluding carboxylic acids is 1. The van der Waals surface area contributed by atoms with Crippen LogP contribution in [0.2, 0.25) is 0 Å². The minimum absolute atomic E-state index is 0.122. The third-order valence-electron chi connectivity index (χ3n) is 3.25. The van der Waals surface area contributed by atoms with Gasteiger partial charge in [0.25, 0.3) is 0 Å². The van der Waals surface area contributed by atoms with Crippen LogP contribution in [0.5, 0.6) is 0 Å². The molecule has 0 aliphatic carbocycles. The average molecular weight is 251 g/mol. The van der Waals surface area contributed by atoms with Crippen LogP contribution in [0.25, 0.3) is 0 Å². The average Bonchev–Trinajstić information content (AvgIpc) is 2.81. The largest absolute Gasteiger partial charge is 0.376 e. The van der Waals surface area contributed by atoms with Crippen molar-refractivity contribution in [2.45, 2.75) is 25.9 Å². The van der Waals surface area contributed by atoms with Crippen molar-refractivity contribution in [1.29, 1.82) is 0 Å². The predicted molar refractivity (Wildman–Crippen MR) is 68.6 cm³/mol. The highest BCUT2D eigenvalue weighted by Crippen LogP contribution is 2.23. The molecule has 0 saturated carbocycles. The van der Waals surface area contributed by atoms with Gasteiger partial charge in [0.2, 0.25) is 0 Å². The highest BCUT2D eigenvalue weighted by Gasteiger charge is 2.19. The molecule has 1 atom stereocenters. The topological polar surface area (TPSA) is 29.5 Å². The molecular weight excluding hydrogens is 233 g/mol. The number of carbonyl (C=O) groups is 1. The van der Waals surface area contributed by atoms with E-state index in [0.717, 1.165) is 31.7 Å². The van der Waals surface area contributed by atoms with Crippen LogP contribution < -0.4 is 4.90 Å². The monoisotopic (exact) mass is 251 g/mol. The molecule has 4 heteroatoms. The smallest absolute Gasteiger partial charge is 0.161 e. The molecule has 0 spiro atoms. The molecule has 1 aliphatic rings. The van der Waals surface area contributed by atoms with Gasteiger partial charge in [0.1, 0.15) is 5.82 Å². The summed E-state index contributed by atoms with van der Waals surface area (Å²) in [6, 6.07) is 4.33. The molecule has 1 heterocycles. The molecule has 2 rings (SSSR count). The van der Waals surface area contributed by atoms with Gasteiger partial charge in [-0.05, 0) is 38.0 Å². The van der Waals surface area contributed by atoms with E-state index >= 15 is 0 Å². The number of ketones is 1. The quantitative estimate of drug-likeness (QED) is 0.770. The van der Waals surface area contributed by atoms with E-state index in [0.29, 0.717) is 5.56 Å². The third-order valence-corrected chi connectivity index (χ3v) is 3.25. The van der Waals surface area contributed by atoms with Crippen LogP contribution in [0, 0.1) is 5.82 Å². The van der Waals surface area contributed by atoms with Gasteiger partial charge in [-0.1, -0.05) is 0 Å². The maximum Gasteiger partial charge on any atom is 0.161 e. The van der Waals surface area contributed by atoms with E-state index in [1.165, 1.54) is 19.1 Å². The standard InChI is InChI=1S/C14H18FNO2/c1-10(17)13-8-11(15)5-6-14(13)16(2)9-12-4-3-7-18-12/h5-6,8,12H,3-4,7,9H2,1-2H3. The van der Waals surface area contributed by atoms with Crippen molar-refractivity contribution >= 4 is 11.5 Å². The number of Topliss-reactive ketones (excluding diaryl/α,β-unsaturated/α-hetero) is 1. The first-order valence-corrected chi connectivity index (χ1v) is 6.21. The van der Waals surface area contributed by atoms with Gasteiger partial charge < -0.3 is 9.64 Å². The Kier molecular flexibility index (Phi) is 3.97. The Morgan fingerprint density at radius 2 is 2.33 bits per heavy atom. The van der Waals surface area contributed by atoms with Crippen molar-refractivity contribution in [2.75, 3.05) is 25.1 Å². The van der Waals surface area contributed by atoms with Crippen molar-refractivity contribution in [3.8, 4) is 0 Å². The summed E-state index contributed by atoms with van der Waals surface area (Å²) in [7, 11) is 1.90. The molecule has 0 N–H and O–H groups in total. The van der Waals surface area contributed by atoms with Crippen molar-refractivity contribution in [1.82, 2.24) is 0 Å². The van der Waals surface area contributed by atoms with Crippen LogP contribution >= 0.6 is 0 Å². The molecule has 0 amide bonds. The molecule has 98 valence electrons. The maximum atomic E-state index is 13.2. The van der Waals surface area contributed by atoms with E-state index in [9.17, 15) is 9.18 Å². The molecule has 1 saturated heterocycles. The second-order valence-corrected chi connectivity index (χ2v) is 4.73. The van der Waals surface area contributed by atoms with E-state index in [1.807, 2.05) is 11.9 Å². The Balaban J connectivity index is 2.17. The molecule has 1 aromatic carbocycles. The summed E-state index contributed by atoms with van der Waals surface area (Å²) in [4.78, 5) is 13.5. The molecule has 1 aliphatic heterocycles. The first-order valence-electron chi connectivity index (χ1n) is 6.21. The van der Waals surface area contributed by atoms with Crippen LogP contribution in [0.4, 0.5) is 10.1 Å². The summed E-state index contributed by atoms with van der Waals surface area (Å²) < 4.78 is 18.7. The molecule has 0 bridgehead atoms. The van der Waals surface area contributed by atoms with Crippen molar-refractivity contribution < 1.29 is 13.9 Å². The fourth-order valence-electron chi connectivity index (χ4n) is 2.32. The van der Waals surface area contributed by atoms with Crippen LogP contribution in [0.15, 0.2) is 18.2 Å². The fraction of sp³-hybridized carbons (Fsp3) is 0.500. The Morgan fingerprint density at radius 1 is 1.56 bits per heavy atom. The van der Waals surface area contributed by atoms with Gasteiger partial charge in [-0.25, -0.2) is 4.39 Å². The van der Waals surface area contributed by atoms with Crippen LogP contribution in [0.3, 0.4) is 0 Å². The number of likely N-dealkylation sites (N-methyl/N-ethyl adjacent to an activating group) is 1. The minimum atomic E-state index is -0.380. The number of anilines is 1. The van der Waals surface area contributed by atoms with E-state index in [1.54, 1.807) is 6.07 Å². The van der Waals surface area contributed by atoms with Gasteiger partial charge in [0, 0.05) is 31.5 Å². The Hall–Kier alpha value is -1.42. The van der Waals surface area contributed by atoms with E-state index < -0.39 is 0 Å². The van der Waals surface area contributed by atoms with E-state index in [2.05, 4.69) is 0 Å².